The third-order valence-corrected chi connectivity index (χ3v) is 0.976. The molecule has 1 amide bonds. The zero-order chi connectivity index (χ0) is 8.15. The van der Waals surface area contributed by atoms with E-state index in [0.29, 0.717) is 0 Å². The SMILES string of the molecule is CC(=O)OC(I)OC(N)=O. The number of hydrogen-bond acceptors (Lipinski definition) is 4. The zero-order valence-corrected chi connectivity index (χ0v) is 7.32. The highest BCUT2D eigenvalue weighted by atomic mass is 127. The molecule has 0 spiro atoms. The average Bonchev–Trinajstić information content (AvgIpc) is 1.58. The molecular weight excluding hydrogens is 253 g/mol. The third-order valence-electron chi connectivity index (χ3n) is 0.467. The maximum Gasteiger partial charge on any atom is 0.408 e. The van der Waals surface area contributed by atoms with E-state index in [0.717, 1.165) is 0 Å². The van der Waals surface area contributed by atoms with Gasteiger partial charge in [-0.25, -0.2) is 4.79 Å². The summed E-state index contributed by atoms with van der Waals surface area (Å²) in [6.07, 6.45) is -0.972. The van der Waals surface area contributed by atoms with Gasteiger partial charge in [-0.3, -0.25) is 4.79 Å². The van der Waals surface area contributed by atoms with Crippen LogP contribution in [0.5, 0.6) is 0 Å². The fourth-order valence-corrected chi connectivity index (χ4v) is 0.855. The molecule has 0 aromatic rings. The van der Waals surface area contributed by atoms with Crippen molar-refractivity contribution in [2.45, 2.75) is 11.2 Å². The highest BCUT2D eigenvalue weighted by molar-refractivity contribution is 14.1. The lowest BCUT2D eigenvalue weighted by Gasteiger charge is -2.07. The lowest BCUT2D eigenvalue weighted by molar-refractivity contribution is -0.150. The van der Waals surface area contributed by atoms with Crippen molar-refractivity contribution in [3.63, 3.8) is 0 Å². The summed E-state index contributed by atoms with van der Waals surface area (Å²) in [5.41, 5.74) is 4.61. The van der Waals surface area contributed by atoms with Gasteiger partial charge in [0.15, 0.2) is 0 Å². The van der Waals surface area contributed by atoms with Crippen LogP contribution < -0.4 is 5.73 Å². The first-order valence-corrected chi connectivity index (χ1v) is 3.54. The van der Waals surface area contributed by atoms with E-state index in [1.54, 1.807) is 22.6 Å². The molecule has 1 atom stereocenters. The van der Waals surface area contributed by atoms with Gasteiger partial charge in [-0.05, 0) is 0 Å². The van der Waals surface area contributed by atoms with E-state index < -0.39 is 16.4 Å². The molecule has 0 aliphatic rings. The summed E-state index contributed by atoms with van der Waals surface area (Å²) in [6.45, 7) is 1.20. The highest BCUT2D eigenvalue weighted by Gasteiger charge is 2.09. The van der Waals surface area contributed by atoms with Gasteiger partial charge in [0.1, 0.15) is 0 Å². The van der Waals surface area contributed by atoms with E-state index in [2.05, 4.69) is 15.2 Å². The number of rotatable bonds is 2. The highest BCUT2D eigenvalue weighted by Crippen LogP contribution is 2.03. The van der Waals surface area contributed by atoms with Crippen molar-refractivity contribution in [3.05, 3.63) is 0 Å². The van der Waals surface area contributed by atoms with Crippen LogP contribution in [0.2, 0.25) is 0 Å². The van der Waals surface area contributed by atoms with E-state index >= 15 is 0 Å². The summed E-state index contributed by atoms with van der Waals surface area (Å²) in [4.78, 5) is 20.2. The Morgan fingerprint density at radius 3 is 2.30 bits per heavy atom. The number of hydrogen-bond donors (Lipinski definition) is 1. The average molecular weight is 259 g/mol. The van der Waals surface area contributed by atoms with Crippen molar-refractivity contribution in [1.29, 1.82) is 0 Å². The molecule has 6 heteroatoms. The van der Waals surface area contributed by atoms with Crippen molar-refractivity contribution in [3.8, 4) is 0 Å². The van der Waals surface area contributed by atoms with E-state index in [1.165, 1.54) is 6.92 Å². The first-order chi connectivity index (χ1) is 4.52. The molecule has 0 fully saturated rings. The molecule has 0 rings (SSSR count). The molecule has 0 bridgehead atoms. The van der Waals surface area contributed by atoms with Crippen LogP contribution in [0.25, 0.3) is 0 Å². The smallest absolute Gasteiger partial charge is 0.408 e. The molecule has 0 aliphatic heterocycles. The molecule has 5 nitrogen and oxygen atoms in total. The third kappa shape index (κ3) is 5.60. The summed E-state index contributed by atoms with van der Waals surface area (Å²) < 4.78 is 7.69. The second kappa shape index (κ2) is 4.31. The van der Waals surface area contributed by atoms with Crippen LogP contribution in [0.15, 0.2) is 0 Å². The van der Waals surface area contributed by atoms with E-state index in [9.17, 15) is 9.59 Å². The fraction of sp³-hybridized carbons (Fsp3) is 0.500. The van der Waals surface area contributed by atoms with E-state index in [-0.39, 0.29) is 0 Å². The number of ether oxygens (including phenoxy) is 2. The van der Waals surface area contributed by atoms with Crippen LogP contribution in [0.4, 0.5) is 4.79 Å². The van der Waals surface area contributed by atoms with Gasteiger partial charge in [-0.2, -0.15) is 0 Å². The van der Waals surface area contributed by atoms with Crippen LogP contribution in [0, 0.1) is 0 Å². The predicted molar refractivity (Wildman–Crippen MR) is 40.2 cm³/mol. The Bertz CT molecular complexity index is 132. The maximum absolute atomic E-state index is 10.2. The molecule has 0 aromatic heterocycles. The van der Waals surface area contributed by atoms with Crippen LogP contribution >= 0.6 is 22.6 Å². The van der Waals surface area contributed by atoms with Gasteiger partial charge in [-0.1, -0.05) is 0 Å². The van der Waals surface area contributed by atoms with Gasteiger partial charge in [0.2, 0.25) is 0 Å². The number of carbonyl (C=O) groups excluding carboxylic acids is 2. The molecule has 2 N–H and O–H groups in total. The molecule has 0 aromatic carbocycles. The maximum atomic E-state index is 10.2. The Kier molecular flexibility index (Phi) is 4.08. The molecule has 0 saturated carbocycles. The van der Waals surface area contributed by atoms with Gasteiger partial charge in [0, 0.05) is 29.5 Å². The minimum atomic E-state index is -0.972. The van der Waals surface area contributed by atoms with Crippen LogP contribution in [0.1, 0.15) is 6.92 Å². The minimum absolute atomic E-state index is 0.527. The number of carbonyl (C=O) groups is 2. The van der Waals surface area contributed by atoms with Crippen molar-refractivity contribution >= 4 is 34.7 Å². The van der Waals surface area contributed by atoms with Crippen molar-refractivity contribution in [2.24, 2.45) is 5.73 Å². The standard InChI is InChI=1S/C4H6INO4/c1-2(7)9-3(5)10-4(6)8/h3H,1H3,(H2,6,8). The zero-order valence-electron chi connectivity index (χ0n) is 5.17. The summed E-state index contributed by atoms with van der Waals surface area (Å²) in [7, 11) is 0. The lowest BCUT2D eigenvalue weighted by atomic mass is 10.8. The summed E-state index contributed by atoms with van der Waals surface area (Å²) >= 11 is 1.61. The number of halogens is 1. The number of primary amides is 1. The molecular formula is C4H6INO4. The lowest BCUT2D eigenvalue weighted by Crippen LogP contribution is -2.21. The molecule has 0 heterocycles. The molecule has 10 heavy (non-hydrogen) atoms. The van der Waals surface area contributed by atoms with Crippen LogP contribution in [-0.2, 0) is 14.3 Å². The normalized spacial score (nSPS) is 11.8. The van der Waals surface area contributed by atoms with Gasteiger partial charge in [-0.15, -0.1) is 0 Å². The van der Waals surface area contributed by atoms with Gasteiger partial charge < -0.3 is 15.2 Å². The molecule has 0 saturated heterocycles. The number of nitrogens with two attached hydrogens (primary N) is 1. The second-order valence-corrected chi connectivity index (χ2v) is 2.34. The largest absolute Gasteiger partial charge is 0.416 e. The van der Waals surface area contributed by atoms with Crippen molar-refractivity contribution in [1.82, 2.24) is 0 Å². The van der Waals surface area contributed by atoms with E-state index in [1.807, 2.05) is 0 Å². The van der Waals surface area contributed by atoms with Crippen LogP contribution in [-0.4, -0.2) is 16.4 Å². The second-order valence-electron chi connectivity index (χ2n) is 1.32. The summed E-state index contributed by atoms with van der Waals surface area (Å²) in [5, 5.41) is 0. The Balaban J connectivity index is 3.53. The first-order valence-electron chi connectivity index (χ1n) is 2.29. The summed E-state index contributed by atoms with van der Waals surface area (Å²) in [5.74, 6) is -0.527. The number of esters is 1. The minimum Gasteiger partial charge on any atom is -0.416 e. The van der Waals surface area contributed by atoms with Crippen molar-refractivity contribution in [2.75, 3.05) is 0 Å². The Labute approximate surface area is 71.0 Å². The fourth-order valence-electron chi connectivity index (χ4n) is 0.246. The Morgan fingerprint density at radius 1 is 1.50 bits per heavy atom. The molecule has 1 unspecified atom stereocenters. The van der Waals surface area contributed by atoms with Gasteiger partial charge in [0.05, 0.1) is 0 Å². The number of alkyl halides is 1. The van der Waals surface area contributed by atoms with Gasteiger partial charge >= 0.3 is 12.1 Å². The Hall–Kier alpha value is -0.530. The first kappa shape index (κ1) is 9.47. The Morgan fingerprint density at radius 2 is 2.00 bits per heavy atom. The monoisotopic (exact) mass is 259 g/mol. The number of amides is 1. The van der Waals surface area contributed by atoms with Gasteiger partial charge in [0.25, 0.3) is 4.30 Å². The van der Waals surface area contributed by atoms with Crippen LogP contribution in [0.3, 0.4) is 0 Å². The molecule has 0 radical (unpaired) electrons. The van der Waals surface area contributed by atoms with Crippen molar-refractivity contribution < 1.29 is 19.1 Å². The van der Waals surface area contributed by atoms with E-state index in [4.69, 9.17) is 0 Å². The quantitative estimate of drug-likeness (QED) is 0.336. The predicted octanol–water partition coefficient (Wildman–Crippen LogP) is 0.363. The topological polar surface area (TPSA) is 78.6 Å². The summed E-state index contributed by atoms with van der Waals surface area (Å²) in [6, 6.07) is 0. The molecule has 0 aliphatic carbocycles. The molecule has 58 valence electrons.